The highest BCUT2D eigenvalue weighted by atomic mass is 35.5. The molecule has 1 heterocycles. The van der Waals surface area contributed by atoms with Crippen molar-refractivity contribution in [1.82, 2.24) is 4.90 Å². The second kappa shape index (κ2) is 10.6. The first-order chi connectivity index (χ1) is 13.1. The van der Waals surface area contributed by atoms with Crippen LogP contribution in [-0.4, -0.2) is 49.9 Å². The molecule has 1 aliphatic rings. The molecule has 1 aliphatic heterocycles. The number of hydrogen-bond donors (Lipinski definition) is 1. The summed E-state index contributed by atoms with van der Waals surface area (Å²) < 4.78 is 10.6. The molecule has 2 atom stereocenters. The molecule has 0 aliphatic carbocycles. The number of rotatable bonds is 7. The van der Waals surface area contributed by atoms with E-state index in [9.17, 15) is 4.79 Å². The van der Waals surface area contributed by atoms with E-state index in [1.54, 1.807) is 26.0 Å². The molecular weight excluding hydrogens is 396 g/mol. The van der Waals surface area contributed by atoms with Gasteiger partial charge >= 0.3 is 0 Å². The van der Waals surface area contributed by atoms with E-state index in [-0.39, 0.29) is 30.3 Å². The van der Waals surface area contributed by atoms with Gasteiger partial charge in [-0.3, -0.25) is 4.79 Å². The number of nitrogens with two attached hydrogens (primary N) is 1. The van der Waals surface area contributed by atoms with E-state index in [1.165, 1.54) is 5.56 Å². The molecular formula is C21H27ClN2O3S. The van der Waals surface area contributed by atoms with Gasteiger partial charge in [0.2, 0.25) is 5.91 Å². The first kappa shape index (κ1) is 22.4. The second-order valence-electron chi connectivity index (χ2n) is 6.60. The molecule has 0 saturated carbocycles. The lowest BCUT2D eigenvalue weighted by Gasteiger charge is -2.16. The number of benzene rings is 2. The third-order valence-corrected chi connectivity index (χ3v) is 5.88. The van der Waals surface area contributed by atoms with Gasteiger partial charge in [-0.2, -0.15) is 0 Å². The molecule has 2 aromatic rings. The summed E-state index contributed by atoms with van der Waals surface area (Å²) in [6, 6.07) is 16.0. The number of amides is 1. The first-order valence-electron chi connectivity index (χ1n) is 9.05. The molecule has 1 saturated heterocycles. The van der Waals surface area contributed by atoms with Gasteiger partial charge in [-0.15, -0.1) is 24.2 Å². The van der Waals surface area contributed by atoms with Crippen LogP contribution in [0.4, 0.5) is 0 Å². The van der Waals surface area contributed by atoms with E-state index in [0.29, 0.717) is 31.0 Å². The Morgan fingerprint density at radius 3 is 2.50 bits per heavy atom. The average molecular weight is 423 g/mol. The molecule has 0 spiro atoms. The van der Waals surface area contributed by atoms with Crippen LogP contribution in [0.2, 0.25) is 0 Å². The van der Waals surface area contributed by atoms with Gasteiger partial charge in [0.25, 0.3) is 0 Å². The maximum Gasteiger partial charge on any atom is 0.223 e. The maximum atomic E-state index is 12.6. The molecule has 0 aromatic heterocycles. The average Bonchev–Trinajstić information content (AvgIpc) is 3.10. The summed E-state index contributed by atoms with van der Waals surface area (Å²) in [7, 11) is 3.24. The smallest absolute Gasteiger partial charge is 0.223 e. The summed E-state index contributed by atoms with van der Waals surface area (Å²) in [5.74, 6) is 2.50. The number of thioether (sulfide) groups is 1. The van der Waals surface area contributed by atoms with Crippen LogP contribution in [0.1, 0.15) is 17.9 Å². The maximum absolute atomic E-state index is 12.6. The summed E-state index contributed by atoms with van der Waals surface area (Å²) >= 11 is 1.64. The third kappa shape index (κ3) is 5.34. The number of carbonyl (C=O) groups is 1. The minimum atomic E-state index is -0.00477. The lowest BCUT2D eigenvalue weighted by Crippen LogP contribution is -2.32. The van der Waals surface area contributed by atoms with Crippen LogP contribution in [-0.2, 0) is 4.79 Å². The van der Waals surface area contributed by atoms with Gasteiger partial charge in [0, 0.05) is 42.1 Å². The number of methoxy groups -OCH3 is 2. The zero-order valence-corrected chi connectivity index (χ0v) is 17.8. The molecule has 5 nitrogen and oxygen atoms in total. The molecule has 1 fully saturated rings. The number of hydrogen-bond acceptors (Lipinski definition) is 5. The largest absolute Gasteiger partial charge is 0.493 e. The summed E-state index contributed by atoms with van der Waals surface area (Å²) in [5, 5.41) is 0. The highest BCUT2D eigenvalue weighted by Gasteiger charge is 2.33. The van der Waals surface area contributed by atoms with Gasteiger partial charge in [-0.25, -0.2) is 0 Å². The fraction of sp³-hybridized carbons (Fsp3) is 0.381. The predicted octanol–water partition coefficient (Wildman–Crippen LogP) is 3.56. The third-order valence-electron chi connectivity index (χ3n) is 4.89. The first-order valence-corrected chi connectivity index (χ1v) is 10.0. The van der Waals surface area contributed by atoms with Crippen molar-refractivity contribution in [3.8, 4) is 11.5 Å². The minimum absolute atomic E-state index is 0. The van der Waals surface area contributed by atoms with Gasteiger partial charge < -0.3 is 20.1 Å². The summed E-state index contributed by atoms with van der Waals surface area (Å²) in [5.41, 5.74) is 7.50. The number of nitrogens with zero attached hydrogens (tertiary/aromatic N) is 1. The second-order valence-corrected chi connectivity index (χ2v) is 7.76. The predicted molar refractivity (Wildman–Crippen MR) is 116 cm³/mol. The van der Waals surface area contributed by atoms with Gasteiger partial charge in [0.05, 0.1) is 14.2 Å². The quantitative estimate of drug-likeness (QED) is 0.691. The van der Waals surface area contributed by atoms with Crippen molar-refractivity contribution in [2.24, 2.45) is 5.73 Å². The van der Waals surface area contributed by atoms with Crippen LogP contribution in [0.5, 0.6) is 11.5 Å². The topological polar surface area (TPSA) is 64.8 Å². The Bertz CT molecular complexity index is 776. The standard InChI is InChI=1S/C21H26N2O3S.ClH/c1-25-19-9-8-16(12-20(19)26-2)27-11-10-21(24)23-13-17(18(22)14-23)15-6-4-3-5-7-15;/h3-9,12,17-18H,10-11,13-14,22H2,1-2H3;1H/t17-,18+;/m0./s1. The lowest BCUT2D eigenvalue weighted by molar-refractivity contribution is -0.129. The minimum Gasteiger partial charge on any atom is -0.493 e. The molecule has 7 heteroatoms. The Hall–Kier alpha value is -1.89. The van der Waals surface area contributed by atoms with Crippen LogP contribution in [0.3, 0.4) is 0 Å². The zero-order chi connectivity index (χ0) is 19.2. The molecule has 152 valence electrons. The van der Waals surface area contributed by atoms with Gasteiger partial charge in [0.1, 0.15) is 0 Å². The molecule has 2 aromatic carbocycles. The summed E-state index contributed by atoms with van der Waals surface area (Å²) in [6.45, 7) is 1.32. The number of halogens is 1. The Balaban J connectivity index is 0.00000280. The lowest BCUT2D eigenvalue weighted by atomic mass is 9.95. The van der Waals surface area contributed by atoms with Crippen molar-refractivity contribution in [2.45, 2.75) is 23.3 Å². The van der Waals surface area contributed by atoms with Gasteiger partial charge in [0.15, 0.2) is 11.5 Å². The molecule has 2 N–H and O–H groups in total. The number of ether oxygens (including phenoxy) is 2. The van der Waals surface area contributed by atoms with Gasteiger partial charge in [-0.1, -0.05) is 30.3 Å². The summed E-state index contributed by atoms with van der Waals surface area (Å²) in [6.07, 6.45) is 0.493. The Kier molecular flexibility index (Phi) is 8.48. The fourth-order valence-corrected chi connectivity index (χ4v) is 4.27. The molecule has 1 amide bonds. The van der Waals surface area contributed by atoms with Crippen LogP contribution in [0, 0.1) is 0 Å². The molecule has 0 bridgehead atoms. The van der Waals surface area contributed by atoms with E-state index in [2.05, 4.69) is 12.1 Å². The monoisotopic (exact) mass is 422 g/mol. The molecule has 28 heavy (non-hydrogen) atoms. The van der Waals surface area contributed by atoms with Crippen molar-refractivity contribution in [3.05, 3.63) is 54.1 Å². The van der Waals surface area contributed by atoms with E-state index in [0.717, 1.165) is 10.6 Å². The zero-order valence-electron chi connectivity index (χ0n) is 16.2. The van der Waals surface area contributed by atoms with Crippen molar-refractivity contribution >= 4 is 30.1 Å². The highest BCUT2D eigenvalue weighted by Crippen LogP contribution is 2.32. The highest BCUT2D eigenvalue weighted by molar-refractivity contribution is 7.99. The van der Waals surface area contributed by atoms with Crippen molar-refractivity contribution in [3.63, 3.8) is 0 Å². The molecule has 0 radical (unpaired) electrons. The molecule has 0 unspecified atom stereocenters. The van der Waals surface area contributed by atoms with E-state index >= 15 is 0 Å². The Labute approximate surface area is 177 Å². The van der Waals surface area contributed by atoms with Crippen LogP contribution < -0.4 is 15.2 Å². The van der Waals surface area contributed by atoms with E-state index < -0.39 is 0 Å². The van der Waals surface area contributed by atoms with Crippen LogP contribution in [0.25, 0.3) is 0 Å². The Morgan fingerprint density at radius 2 is 1.82 bits per heavy atom. The van der Waals surface area contributed by atoms with Crippen molar-refractivity contribution in [2.75, 3.05) is 33.1 Å². The SMILES string of the molecule is COc1ccc(SCCC(=O)N2C[C@@H](N)[C@H](c3ccccc3)C2)cc1OC.Cl. The van der Waals surface area contributed by atoms with Crippen molar-refractivity contribution in [1.29, 1.82) is 0 Å². The number of carbonyl (C=O) groups excluding carboxylic acids is 1. The van der Waals surface area contributed by atoms with Crippen LogP contribution >= 0.6 is 24.2 Å². The van der Waals surface area contributed by atoms with Crippen molar-refractivity contribution < 1.29 is 14.3 Å². The summed E-state index contributed by atoms with van der Waals surface area (Å²) in [4.78, 5) is 15.6. The van der Waals surface area contributed by atoms with Crippen LogP contribution in [0.15, 0.2) is 53.4 Å². The van der Waals surface area contributed by atoms with E-state index in [1.807, 2.05) is 41.3 Å². The Morgan fingerprint density at radius 1 is 1.11 bits per heavy atom. The van der Waals surface area contributed by atoms with Gasteiger partial charge in [-0.05, 0) is 23.8 Å². The molecule has 3 rings (SSSR count). The number of likely N-dealkylation sites (tertiary alicyclic amines) is 1. The normalized spacial score (nSPS) is 18.5. The van der Waals surface area contributed by atoms with E-state index in [4.69, 9.17) is 15.2 Å². The fourth-order valence-electron chi connectivity index (χ4n) is 3.41.